The lowest BCUT2D eigenvalue weighted by atomic mass is 10.5. The fourth-order valence-electron chi connectivity index (χ4n) is 0.677. The van der Waals surface area contributed by atoms with E-state index in [1.54, 1.807) is 11.3 Å². The SMILES string of the molecule is CC[n+]1cscc1C.[Br-]. The summed E-state index contributed by atoms with van der Waals surface area (Å²) in [5.74, 6) is 0. The predicted octanol–water partition coefficient (Wildman–Crippen LogP) is -1.63. The molecule has 1 heterocycles. The normalized spacial score (nSPS) is 8.67. The van der Waals surface area contributed by atoms with Gasteiger partial charge in [-0.1, -0.05) is 11.3 Å². The minimum Gasteiger partial charge on any atom is -1.00 e. The van der Waals surface area contributed by atoms with Gasteiger partial charge >= 0.3 is 0 Å². The molecule has 0 bridgehead atoms. The molecule has 0 amide bonds. The number of thiazole rings is 1. The average molecular weight is 208 g/mol. The first-order valence-corrected chi connectivity index (χ1v) is 3.71. The molecule has 0 aliphatic heterocycles. The van der Waals surface area contributed by atoms with E-state index in [1.807, 2.05) is 0 Å². The van der Waals surface area contributed by atoms with E-state index in [2.05, 4.69) is 29.3 Å². The van der Waals surface area contributed by atoms with Crippen LogP contribution in [0.25, 0.3) is 0 Å². The summed E-state index contributed by atoms with van der Waals surface area (Å²) >= 11 is 1.75. The number of hydrogen-bond donors (Lipinski definition) is 0. The number of aryl methyl sites for hydroxylation is 2. The Bertz CT molecular complexity index is 173. The summed E-state index contributed by atoms with van der Waals surface area (Å²) in [6.07, 6.45) is 0. The average Bonchev–Trinajstić information content (AvgIpc) is 2.14. The number of rotatable bonds is 1. The molecule has 0 aliphatic rings. The van der Waals surface area contributed by atoms with Crippen molar-refractivity contribution >= 4 is 11.3 Å². The van der Waals surface area contributed by atoms with Crippen LogP contribution >= 0.6 is 11.3 Å². The van der Waals surface area contributed by atoms with E-state index in [0.717, 1.165) is 6.54 Å². The smallest absolute Gasteiger partial charge is 0.224 e. The van der Waals surface area contributed by atoms with Crippen LogP contribution in [-0.4, -0.2) is 0 Å². The third-order valence-corrected chi connectivity index (χ3v) is 2.07. The van der Waals surface area contributed by atoms with Crippen molar-refractivity contribution in [1.82, 2.24) is 0 Å². The largest absolute Gasteiger partial charge is 1.00 e. The van der Waals surface area contributed by atoms with Gasteiger partial charge in [0.1, 0.15) is 6.54 Å². The highest BCUT2D eigenvalue weighted by molar-refractivity contribution is 7.07. The van der Waals surface area contributed by atoms with Gasteiger partial charge in [0.15, 0.2) is 5.69 Å². The highest BCUT2D eigenvalue weighted by atomic mass is 79.9. The van der Waals surface area contributed by atoms with Crippen LogP contribution in [0.1, 0.15) is 12.6 Å². The van der Waals surface area contributed by atoms with E-state index in [4.69, 9.17) is 0 Å². The quantitative estimate of drug-likeness (QED) is 0.488. The molecule has 0 saturated heterocycles. The van der Waals surface area contributed by atoms with Crippen LogP contribution in [0.4, 0.5) is 0 Å². The van der Waals surface area contributed by atoms with Crippen LogP contribution in [-0.2, 0) is 6.54 Å². The highest BCUT2D eigenvalue weighted by Crippen LogP contribution is 1.94. The summed E-state index contributed by atoms with van der Waals surface area (Å²) in [7, 11) is 0. The van der Waals surface area contributed by atoms with Gasteiger partial charge in [-0.2, -0.15) is 4.57 Å². The Morgan fingerprint density at radius 3 is 2.56 bits per heavy atom. The van der Waals surface area contributed by atoms with Crippen molar-refractivity contribution in [2.24, 2.45) is 0 Å². The lowest BCUT2D eigenvalue weighted by Gasteiger charge is -1.82. The number of nitrogens with zero attached hydrogens (tertiary/aromatic N) is 1. The molecule has 0 atom stereocenters. The molecule has 0 unspecified atom stereocenters. The van der Waals surface area contributed by atoms with Crippen LogP contribution in [0.3, 0.4) is 0 Å². The van der Waals surface area contributed by atoms with Crippen LogP contribution in [0.15, 0.2) is 10.9 Å². The van der Waals surface area contributed by atoms with Crippen molar-refractivity contribution in [3.05, 3.63) is 16.6 Å². The van der Waals surface area contributed by atoms with Crippen LogP contribution < -0.4 is 21.5 Å². The molecule has 1 nitrogen and oxygen atoms in total. The van der Waals surface area contributed by atoms with Crippen molar-refractivity contribution < 1.29 is 21.5 Å². The molecule has 0 fully saturated rings. The molecule has 1 aromatic heterocycles. The van der Waals surface area contributed by atoms with Gasteiger partial charge in [0.2, 0.25) is 5.51 Å². The summed E-state index contributed by atoms with van der Waals surface area (Å²) in [5.41, 5.74) is 3.49. The first-order valence-electron chi connectivity index (χ1n) is 2.77. The van der Waals surface area contributed by atoms with Crippen LogP contribution in [0.5, 0.6) is 0 Å². The van der Waals surface area contributed by atoms with Gasteiger partial charge in [0.05, 0.1) is 5.38 Å². The zero-order valence-electron chi connectivity index (χ0n) is 5.60. The van der Waals surface area contributed by atoms with Gasteiger partial charge < -0.3 is 17.0 Å². The van der Waals surface area contributed by atoms with Gasteiger partial charge in [-0.15, -0.1) is 0 Å². The summed E-state index contributed by atoms with van der Waals surface area (Å²) in [6.45, 7) is 5.37. The molecular weight excluding hydrogens is 198 g/mol. The molecule has 1 aromatic rings. The minimum atomic E-state index is 0. The molecule has 1 rings (SSSR count). The van der Waals surface area contributed by atoms with E-state index >= 15 is 0 Å². The Kier molecular flexibility index (Phi) is 4.06. The molecule has 0 aliphatic carbocycles. The highest BCUT2D eigenvalue weighted by Gasteiger charge is 2.00. The van der Waals surface area contributed by atoms with Crippen molar-refractivity contribution in [2.45, 2.75) is 20.4 Å². The summed E-state index contributed by atoms with van der Waals surface area (Å²) in [6, 6.07) is 0. The van der Waals surface area contributed by atoms with Gasteiger partial charge in [0, 0.05) is 6.92 Å². The van der Waals surface area contributed by atoms with Crippen LogP contribution in [0.2, 0.25) is 0 Å². The monoisotopic (exact) mass is 207 g/mol. The number of hydrogen-bond acceptors (Lipinski definition) is 1. The van der Waals surface area contributed by atoms with E-state index in [-0.39, 0.29) is 17.0 Å². The zero-order chi connectivity index (χ0) is 5.98. The number of halogens is 1. The molecule has 9 heavy (non-hydrogen) atoms. The Morgan fingerprint density at radius 1 is 1.67 bits per heavy atom. The molecule has 0 spiro atoms. The first-order chi connectivity index (χ1) is 3.84. The molecule has 0 N–H and O–H groups in total. The van der Waals surface area contributed by atoms with E-state index < -0.39 is 0 Å². The Hall–Kier alpha value is 0.110. The summed E-state index contributed by atoms with van der Waals surface area (Å²) < 4.78 is 2.23. The van der Waals surface area contributed by atoms with E-state index in [0.29, 0.717) is 0 Å². The van der Waals surface area contributed by atoms with Crippen molar-refractivity contribution in [3.63, 3.8) is 0 Å². The zero-order valence-corrected chi connectivity index (χ0v) is 8.00. The minimum absolute atomic E-state index is 0. The second kappa shape index (κ2) is 4.01. The molecule has 0 radical (unpaired) electrons. The maximum absolute atomic E-state index is 2.23. The van der Waals surface area contributed by atoms with Crippen LogP contribution in [0, 0.1) is 6.92 Å². The third-order valence-electron chi connectivity index (χ3n) is 1.22. The Labute approximate surface area is 70.1 Å². The van der Waals surface area contributed by atoms with E-state index in [1.165, 1.54) is 5.69 Å². The van der Waals surface area contributed by atoms with Gasteiger partial charge in [-0.25, -0.2) is 0 Å². The standard InChI is InChI=1S/C6H10NS.BrH/c1-3-7-5-8-4-6(7)2;/h4-5H,3H2,1-2H3;1H/q+1;/p-1. The summed E-state index contributed by atoms with van der Waals surface area (Å²) in [5, 5.41) is 2.16. The fourth-order valence-corrected chi connectivity index (χ4v) is 1.53. The second-order valence-corrected chi connectivity index (χ2v) is 2.51. The maximum atomic E-state index is 2.23. The Morgan fingerprint density at radius 2 is 2.33 bits per heavy atom. The Balaban J connectivity index is 0.000000640. The second-order valence-electron chi connectivity index (χ2n) is 1.79. The topological polar surface area (TPSA) is 3.88 Å². The van der Waals surface area contributed by atoms with Crippen molar-refractivity contribution in [1.29, 1.82) is 0 Å². The fraction of sp³-hybridized carbons (Fsp3) is 0.500. The molecule has 3 heteroatoms. The summed E-state index contributed by atoms with van der Waals surface area (Å²) in [4.78, 5) is 0. The van der Waals surface area contributed by atoms with Gasteiger partial charge in [-0.05, 0) is 6.92 Å². The number of aromatic nitrogens is 1. The molecule has 52 valence electrons. The predicted molar refractivity (Wildman–Crippen MR) is 34.9 cm³/mol. The lowest BCUT2D eigenvalue weighted by molar-refractivity contribution is -0.694. The molecule has 0 aromatic carbocycles. The van der Waals surface area contributed by atoms with Gasteiger partial charge in [0.25, 0.3) is 0 Å². The van der Waals surface area contributed by atoms with Crippen molar-refractivity contribution in [2.75, 3.05) is 0 Å². The third kappa shape index (κ3) is 2.06. The lowest BCUT2D eigenvalue weighted by Crippen LogP contribution is -3.00. The molecular formula is C6H10BrNS. The van der Waals surface area contributed by atoms with Crippen molar-refractivity contribution in [3.8, 4) is 0 Å². The van der Waals surface area contributed by atoms with E-state index in [9.17, 15) is 0 Å². The molecule has 0 saturated carbocycles. The maximum Gasteiger partial charge on any atom is 0.224 e. The first kappa shape index (κ1) is 9.11. The van der Waals surface area contributed by atoms with Gasteiger partial charge in [-0.3, -0.25) is 0 Å².